The molecule has 0 fully saturated rings. The molecule has 0 aliphatic carbocycles. The van der Waals surface area contributed by atoms with Crippen LogP contribution in [0.4, 0.5) is 0 Å². The van der Waals surface area contributed by atoms with Gasteiger partial charge in [0.15, 0.2) is 0 Å². The highest BCUT2D eigenvalue weighted by Crippen LogP contribution is 2.11. The van der Waals surface area contributed by atoms with Gasteiger partial charge in [0.25, 0.3) is 0 Å². The summed E-state index contributed by atoms with van der Waals surface area (Å²) in [6.07, 6.45) is 3.63. The smallest absolute Gasteiger partial charge is 0.228 e. The van der Waals surface area contributed by atoms with Crippen molar-refractivity contribution in [2.75, 3.05) is 5.88 Å². The van der Waals surface area contributed by atoms with E-state index in [-0.39, 0.29) is 0 Å². The van der Waals surface area contributed by atoms with Crippen LogP contribution in [0, 0.1) is 0 Å². The summed E-state index contributed by atoms with van der Waals surface area (Å²) in [7, 11) is 0. The van der Waals surface area contributed by atoms with Crippen LogP contribution in [0.25, 0.3) is 11.5 Å². The predicted molar refractivity (Wildman–Crippen MR) is 49.7 cm³/mol. The highest BCUT2D eigenvalue weighted by atomic mass is 35.5. The monoisotopic (exact) mass is 210 g/mol. The topological polar surface area (TPSA) is 64.7 Å². The van der Waals surface area contributed by atoms with Gasteiger partial charge in [0.1, 0.15) is 12.0 Å². The number of aryl methyl sites for hydroxylation is 1. The molecular weight excluding hydrogens is 204 g/mol. The molecule has 0 aliphatic rings. The number of halogens is 1. The van der Waals surface area contributed by atoms with Crippen molar-refractivity contribution in [2.24, 2.45) is 0 Å². The molecular formula is C8H7ClN4O. The van der Waals surface area contributed by atoms with Gasteiger partial charge in [-0.2, -0.15) is 4.98 Å². The standard InChI is InChI=1S/C8H7ClN4O/c9-3-1-7-12-8(13-14-7)6-2-4-10-5-11-6/h2,4-5H,1,3H2. The minimum Gasteiger partial charge on any atom is -0.339 e. The Kier molecular flexibility index (Phi) is 2.69. The van der Waals surface area contributed by atoms with Gasteiger partial charge in [-0.05, 0) is 6.07 Å². The minimum absolute atomic E-state index is 0.464. The summed E-state index contributed by atoms with van der Waals surface area (Å²) in [5.41, 5.74) is 0.643. The van der Waals surface area contributed by atoms with Crippen molar-refractivity contribution in [3.63, 3.8) is 0 Å². The third-order valence-electron chi connectivity index (χ3n) is 1.59. The molecule has 0 unspecified atom stereocenters. The maximum atomic E-state index is 5.54. The summed E-state index contributed by atoms with van der Waals surface area (Å²) >= 11 is 5.54. The van der Waals surface area contributed by atoms with Gasteiger partial charge in [-0.15, -0.1) is 11.6 Å². The highest BCUT2D eigenvalue weighted by Gasteiger charge is 2.08. The molecule has 14 heavy (non-hydrogen) atoms. The molecule has 72 valence electrons. The van der Waals surface area contributed by atoms with E-state index in [9.17, 15) is 0 Å². The third-order valence-corrected chi connectivity index (χ3v) is 1.78. The molecule has 0 saturated carbocycles. The summed E-state index contributed by atoms with van der Waals surface area (Å²) in [6, 6.07) is 1.72. The molecule has 6 heteroatoms. The Morgan fingerprint density at radius 2 is 2.36 bits per heavy atom. The van der Waals surface area contributed by atoms with Crippen molar-refractivity contribution in [2.45, 2.75) is 6.42 Å². The fraction of sp³-hybridized carbons (Fsp3) is 0.250. The van der Waals surface area contributed by atoms with Crippen LogP contribution in [0.2, 0.25) is 0 Å². The number of hydrogen-bond donors (Lipinski definition) is 0. The van der Waals surface area contributed by atoms with E-state index in [1.807, 2.05) is 0 Å². The molecule has 5 nitrogen and oxygen atoms in total. The van der Waals surface area contributed by atoms with E-state index in [1.54, 1.807) is 12.3 Å². The lowest BCUT2D eigenvalue weighted by Gasteiger charge is -1.88. The number of aromatic nitrogens is 4. The Bertz CT molecular complexity index is 403. The molecule has 0 spiro atoms. The van der Waals surface area contributed by atoms with Gasteiger partial charge < -0.3 is 4.52 Å². The summed E-state index contributed by atoms with van der Waals surface area (Å²) in [5, 5.41) is 3.77. The lowest BCUT2D eigenvalue weighted by molar-refractivity contribution is 0.383. The highest BCUT2D eigenvalue weighted by molar-refractivity contribution is 6.17. The van der Waals surface area contributed by atoms with Gasteiger partial charge in [0, 0.05) is 18.5 Å². The van der Waals surface area contributed by atoms with E-state index in [2.05, 4.69) is 20.1 Å². The summed E-state index contributed by atoms with van der Waals surface area (Å²) < 4.78 is 4.95. The summed E-state index contributed by atoms with van der Waals surface area (Å²) in [5.74, 6) is 1.45. The van der Waals surface area contributed by atoms with Crippen molar-refractivity contribution >= 4 is 11.6 Å². The third kappa shape index (κ3) is 1.88. The van der Waals surface area contributed by atoms with E-state index in [4.69, 9.17) is 16.1 Å². The molecule has 0 aromatic carbocycles. The van der Waals surface area contributed by atoms with E-state index in [0.717, 1.165) is 0 Å². The average Bonchev–Trinajstić information content (AvgIpc) is 2.68. The first-order valence-electron chi connectivity index (χ1n) is 4.05. The average molecular weight is 211 g/mol. The van der Waals surface area contributed by atoms with Crippen LogP contribution in [-0.4, -0.2) is 26.0 Å². The summed E-state index contributed by atoms with van der Waals surface area (Å²) in [4.78, 5) is 11.9. The van der Waals surface area contributed by atoms with Crippen molar-refractivity contribution in [1.29, 1.82) is 0 Å². The maximum absolute atomic E-state index is 5.54. The number of alkyl halides is 1. The van der Waals surface area contributed by atoms with Crippen LogP contribution in [0.1, 0.15) is 5.89 Å². The van der Waals surface area contributed by atoms with Gasteiger partial charge in [0.05, 0.1) is 0 Å². The van der Waals surface area contributed by atoms with Crippen LogP contribution in [0.15, 0.2) is 23.1 Å². The zero-order chi connectivity index (χ0) is 9.80. The lowest BCUT2D eigenvalue weighted by Crippen LogP contribution is -1.88. The maximum Gasteiger partial charge on any atom is 0.228 e. The summed E-state index contributed by atoms with van der Waals surface area (Å²) in [6.45, 7) is 0. The zero-order valence-electron chi connectivity index (χ0n) is 7.22. The molecule has 0 radical (unpaired) electrons. The van der Waals surface area contributed by atoms with Crippen molar-refractivity contribution < 1.29 is 4.52 Å². The number of hydrogen-bond acceptors (Lipinski definition) is 5. The van der Waals surface area contributed by atoms with Crippen LogP contribution in [0.3, 0.4) is 0 Å². The molecule has 2 heterocycles. The molecule has 0 bridgehead atoms. The fourth-order valence-corrected chi connectivity index (χ4v) is 1.13. The largest absolute Gasteiger partial charge is 0.339 e. The predicted octanol–water partition coefficient (Wildman–Crippen LogP) is 1.31. The van der Waals surface area contributed by atoms with Gasteiger partial charge >= 0.3 is 0 Å². The Morgan fingerprint density at radius 3 is 3.07 bits per heavy atom. The fourth-order valence-electron chi connectivity index (χ4n) is 0.964. The number of nitrogens with zero attached hydrogens (tertiary/aromatic N) is 4. The second kappa shape index (κ2) is 4.15. The molecule has 2 aromatic heterocycles. The van der Waals surface area contributed by atoms with E-state index in [1.165, 1.54) is 6.33 Å². The minimum atomic E-state index is 0.464. The Morgan fingerprint density at radius 1 is 1.43 bits per heavy atom. The van der Waals surface area contributed by atoms with Crippen LogP contribution in [0.5, 0.6) is 0 Å². The lowest BCUT2D eigenvalue weighted by atomic mass is 10.4. The second-order valence-electron chi connectivity index (χ2n) is 2.55. The molecule has 0 N–H and O–H groups in total. The normalized spacial score (nSPS) is 10.4. The van der Waals surface area contributed by atoms with Crippen LogP contribution < -0.4 is 0 Å². The Labute approximate surface area is 85.1 Å². The SMILES string of the molecule is ClCCc1nc(-c2ccncn2)no1. The van der Waals surface area contributed by atoms with E-state index < -0.39 is 0 Å². The van der Waals surface area contributed by atoms with Crippen LogP contribution >= 0.6 is 11.6 Å². The molecule has 0 saturated heterocycles. The second-order valence-corrected chi connectivity index (χ2v) is 2.92. The molecule has 2 aromatic rings. The van der Waals surface area contributed by atoms with E-state index >= 15 is 0 Å². The van der Waals surface area contributed by atoms with Gasteiger partial charge in [-0.1, -0.05) is 5.16 Å². The zero-order valence-corrected chi connectivity index (χ0v) is 7.98. The van der Waals surface area contributed by atoms with Crippen molar-refractivity contribution in [1.82, 2.24) is 20.1 Å². The van der Waals surface area contributed by atoms with Crippen molar-refractivity contribution in [3.05, 3.63) is 24.5 Å². The number of rotatable bonds is 3. The van der Waals surface area contributed by atoms with Gasteiger partial charge in [0.2, 0.25) is 11.7 Å². The van der Waals surface area contributed by atoms with Crippen LogP contribution in [-0.2, 0) is 6.42 Å². The van der Waals surface area contributed by atoms with Gasteiger partial charge in [-0.3, -0.25) is 0 Å². The first kappa shape index (κ1) is 9.08. The molecule has 0 aliphatic heterocycles. The quantitative estimate of drug-likeness (QED) is 0.715. The first-order valence-corrected chi connectivity index (χ1v) is 4.58. The van der Waals surface area contributed by atoms with E-state index in [0.29, 0.717) is 29.7 Å². The van der Waals surface area contributed by atoms with Gasteiger partial charge in [-0.25, -0.2) is 9.97 Å². The molecule has 2 rings (SSSR count). The Balaban J connectivity index is 2.25. The first-order chi connectivity index (χ1) is 6.90. The molecule has 0 atom stereocenters. The van der Waals surface area contributed by atoms with Crippen molar-refractivity contribution in [3.8, 4) is 11.5 Å². The molecule has 0 amide bonds. The Hall–Kier alpha value is -1.49.